The summed E-state index contributed by atoms with van der Waals surface area (Å²) in [6.45, 7) is 8.68. The summed E-state index contributed by atoms with van der Waals surface area (Å²) < 4.78 is 0. The third-order valence-electron chi connectivity index (χ3n) is 4.63. The molecular weight excluding hydrogens is 252 g/mol. The second kappa shape index (κ2) is 11.8. The molecule has 1 radical (unpaired) electrons. The predicted octanol–water partition coefficient (Wildman–Crippen LogP) is 7.22. The first-order chi connectivity index (χ1) is 10.3. The first-order valence-corrected chi connectivity index (χ1v) is 9.14. The average Bonchev–Trinajstić information content (AvgIpc) is 2.50. The Morgan fingerprint density at radius 3 is 2.00 bits per heavy atom. The van der Waals surface area contributed by atoms with Crippen molar-refractivity contribution in [3.8, 4) is 0 Å². The van der Waals surface area contributed by atoms with Gasteiger partial charge < -0.3 is 0 Å². The van der Waals surface area contributed by atoms with Gasteiger partial charge in [-0.05, 0) is 36.8 Å². The monoisotopic (exact) mass is 287 g/mol. The number of hydrogen-bond donors (Lipinski definition) is 0. The molecule has 0 aromatic heterocycles. The molecule has 0 aliphatic heterocycles. The first-order valence-electron chi connectivity index (χ1n) is 9.14. The molecule has 21 heavy (non-hydrogen) atoms. The minimum absolute atomic E-state index is 0.663. The van der Waals surface area contributed by atoms with E-state index in [1.165, 1.54) is 75.3 Å². The molecule has 0 saturated heterocycles. The van der Waals surface area contributed by atoms with Gasteiger partial charge in [0.1, 0.15) is 0 Å². The molecular formula is C21H35. The second-order valence-electron chi connectivity index (χ2n) is 6.46. The van der Waals surface area contributed by atoms with E-state index >= 15 is 0 Å². The predicted molar refractivity (Wildman–Crippen MR) is 95.7 cm³/mol. The zero-order chi connectivity index (χ0) is 15.3. The van der Waals surface area contributed by atoms with Crippen LogP contribution in [0.25, 0.3) is 0 Å². The van der Waals surface area contributed by atoms with Crippen molar-refractivity contribution in [2.45, 2.75) is 90.4 Å². The van der Waals surface area contributed by atoms with E-state index in [4.69, 9.17) is 0 Å². The van der Waals surface area contributed by atoms with Gasteiger partial charge in [0, 0.05) is 0 Å². The smallest absolute Gasteiger partial charge is 0.0159 e. The molecule has 0 heteroatoms. The largest absolute Gasteiger partial charge is 0.0654 e. The van der Waals surface area contributed by atoms with Crippen LogP contribution in [0.15, 0.2) is 24.3 Å². The molecule has 1 aromatic carbocycles. The first kappa shape index (κ1) is 18.3. The Morgan fingerprint density at radius 2 is 1.43 bits per heavy atom. The molecule has 1 unspecified atom stereocenters. The van der Waals surface area contributed by atoms with Crippen LogP contribution in [0.2, 0.25) is 0 Å². The standard InChI is InChI=1S/C21H35/c1-4-6-7-8-9-10-11-12-13-17-20(5-2)21-18-15-14-16-19(21)3/h14-16,18,20H,2,4-13,17H2,1,3H3. The SMILES string of the molecule is [CH2]CC(CCCCCCCCCCC)c1ccccc1C. The zero-order valence-corrected chi connectivity index (χ0v) is 14.4. The molecule has 0 fully saturated rings. The van der Waals surface area contributed by atoms with Gasteiger partial charge >= 0.3 is 0 Å². The van der Waals surface area contributed by atoms with Crippen molar-refractivity contribution in [2.75, 3.05) is 0 Å². The molecule has 0 saturated carbocycles. The number of benzene rings is 1. The fourth-order valence-corrected chi connectivity index (χ4v) is 3.20. The van der Waals surface area contributed by atoms with Crippen molar-refractivity contribution in [3.05, 3.63) is 42.3 Å². The average molecular weight is 288 g/mol. The highest BCUT2D eigenvalue weighted by Gasteiger charge is 2.10. The van der Waals surface area contributed by atoms with Crippen molar-refractivity contribution >= 4 is 0 Å². The summed E-state index contributed by atoms with van der Waals surface area (Å²) in [7, 11) is 0. The molecule has 0 aliphatic carbocycles. The van der Waals surface area contributed by atoms with Crippen LogP contribution in [-0.4, -0.2) is 0 Å². The van der Waals surface area contributed by atoms with E-state index in [2.05, 4.69) is 45.0 Å². The van der Waals surface area contributed by atoms with E-state index in [0.29, 0.717) is 5.92 Å². The number of aryl methyl sites for hydroxylation is 1. The highest BCUT2D eigenvalue weighted by molar-refractivity contribution is 5.29. The summed E-state index contributed by atoms with van der Waals surface area (Å²) in [6.07, 6.45) is 15.0. The highest BCUT2D eigenvalue weighted by Crippen LogP contribution is 2.28. The van der Waals surface area contributed by atoms with E-state index in [0.717, 1.165) is 6.42 Å². The number of hydrogen-bond acceptors (Lipinski definition) is 0. The molecule has 0 heterocycles. The second-order valence-corrected chi connectivity index (χ2v) is 6.46. The van der Waals surface area contributed by atoms with Crippen LogP contribution in [0.1, 0.15) is 94.6 Å². The van der Waals surface area contributed by atoms with Gasteiger partial charge in [0.25, 0.3) is 0 Å². The topological polar surface area (TPSA) is 0 Å². The van der Waals surface area contributed by atoms with Gasteiger partial charge in [0.15, 0.2) is 0 Å². The maximum absolute atomic E-state index is 4.16. The van der Waals surface area contributed by atoms with Crippen LogP contribution in [0.4, 0.5) is 0 Å². The molecule has 0 bridgehead atoms. The summed E-state index contributed by atoms with van der Waals surface area (Å²) in [5, 5.41) is 0. The van der Waals surface area contributed by atoms with E-state index in [-0.39, 0.29) is 0 Å². The summed E-state index contributed by atoms with van der Waals surface area (Å²) in [5.41, 5.74) is 2.95. The van der Waals surface area contributed by atoms with Crippen molar-refractivity contribution in [1.29, 1.82) is 0 Å². The Morgan fingerprint density at radius 1 is 0.857 bits per heavy atom. The molecule has 1 aromatic rings. The molecule has 0 N–H and O–H groups in total. The van der Waals surface area contributed by atoms with E-state index in [1.54, 1.807) is 0 Å². The van der Waals surface area contributed by atoms with Crippen LogP contribution in [0.3, 0.4) is 0 Å². The quantitative estimate of drug-likeness (QED) is 0.356. The summed E-state index contributed by atoms with van der Waals surface area (Å²) >= 11 is 0. The van der Waals surface area contributed by atoms with Gasteiger partial charge in [-0.15, -0.1) is 0 Å². The number of rotatable bonds is 12. The lowest BCUT2D eigenvalue weighted by atomic mass is 9.88. The summed E-state index contributed by atoms with van der Waals surface area (Å²) in [5.74, 6) is 0.663. The summed E-state index contributed by atoms with van der Waals surface area (Å²) in [6, 6.07) is 8.83. The summed E-state index contributed by atoms with van der Waals surface area (Å²) in [4.78, 5) is 0. The minimum atomic E-state index is 0.663. The van der Waals surface area contributed by atoms with E-state index in [1.807, 2.05) is 0 Å². The fourth-order valence-electron chi connectivity index (χ4n) is 3.20. The fraction of sp³-hybridized carbons (Fsp3) is 0.667. The van der Waals surface area contributed by atoms with Crippen molar-refractivity contribution in [2.24, 2.45) is 0 Å². The van der Waals surface area contributed by atoms with Crippen LogP contribution >= 0.6 is 0 Å². The Balaban J connectivity index is 2.12. The minimum Gasteiger partial charge on any atom is -0.0654 e. The molecule has 119 valence electrons. The molecule has 0 spiro atoms. The van der Waals surface area contributed by atoms with Gasteiger partial charge in [-0.1, -0.05) is 95.9 Å². The van der Waals surface area contributed by atoms with E-state index < -0.39 is 0 Å². The maximum Gasteiger partial charge on any atom is -0.0159 e. The van der Waals surface area contributed by atoms with Gasteiger partial charge in [-0.3, -0.25) is 0 Å². The highest BCUT2D eigenvalue weighted by atomic mass is 14.2. The van der Waals surface area contributed by atoms with Crippen molar-refractivity contribution in [3.63, 3.8) is 0 Å². The zero-order valence-electron chi connectivity index (χ0n) is 14.4. The molecule has 0 amide bonds. The Hall–Kier alpha value is -0.780. The van der Waals surface area contributed by atoms with Crippen LogP contribution in [0, 0.1) is 13.8 Å². The molecule has 0 aliphatic rings. The van der Waals surface area contributed by atoms with Crippen LogP contribution in [0.5, 0.6) is 0 Å². The van der Waals surface area contributed by atoms with Crippen molar-refractivity contribution < 1.29 is 0 Å². The Kier molecular flexibility index (Phi) is 10.3. The lowest BCUT2D eigenvalue weighted by molar-refractivity contribution is 0.526. The maximum atomic E-state index is 4.16. The van der Waals surface area contributed by atoms with Gasteiger partial charge in [0.2, 0.25) is 0 Å². The lowest BCUT2D eigenvalue weighted by Gasteiger charge is -2.17. The Labute approximate surface area is 133 Å². The van der Waals surface area contributed by atoms with Crippen LogP contribution < -0.4 is 0 Å². The van der Waals surface area contributed by atoms with Gasteiger partial charge in [-0.2, -0.15) is 0 Å². The van der Waals surface area contributed by atoms with E-state index in [9.17, 15) is 0 Å². The van der Waals surface area contributed by atoms with Crippen molar-refractivity contribution in [1.82, 2.24) is 0 Å². The normalized spacial score (nSPS) is 12.5. The lowest BCUT2D eigenvalue weighted by Crippen LogP contribution is -2.00. The third-order valence-corrected chi connectivity index (χ3v) is 4.63. The van der Waals surface area contributed by atoms with Gasteiger partial charge in [-0.25, -0.2) is 0 Å². The van der Waals surface area contributed by atoms with Gasteiger partial charge in [0.05, 0.1) is 0 Å². The molecule has 1 atom stereocenters. The van der Waals surface area contributed by atoms with Crippen LogP contribution in [-0.2, 0) is 0 Å². The Bertz CT molecular complexity index is 353. The molecule has 1 rings (SSSR count). The third kappa shape index (κ3) is 7.69. The molecule has 0 nitrogen and oxygen atoms in total. The number of unbranched alkanes of at least 4 members (excludes halogenated alkanes) is 8.